The summed E-state index contributed by atoms with van der Waals surface area (Å²) in [6.45, 7) is 0. The van der Waals surface area contributed by atoms with Crippen LogP contribution in [-0.4, -0.2) is 31.9 Å². The van der Waals surface area contributed by atoms with Crippen molar-refractivity contribution in [1.82, 2.24) is 0 Å². The van der Waals surface area contributed by atoms with Crippen LogP contribution >= 0.6 is 23.2 Å². The summed E-state index contributed by atoms with van der Waals surface area (Å²) in [5.41, 5.74) is 9.56. The molecule has 3 aromatic rings. The second-order valence-electron chi connectivity index (χ2n) is 9.54. The Labute approximate surface area is 241 Å². The SMILES string of the molecule is COC(=O)C1=C(N)N(c2cccc(Cl)c2)C2=C(C(=O)[C@H](C(=O)OC)[C@@H](c3ccccc3)C2)[C@@H]1c1cccc(Cl)c1. The van der Waals surface area contributed by atoms with Gasteiger partial charge in [0.25, 0.3) is 0 Å². The number of carbonyl (C=O) groups is 3. The highest BCUT2D eigenvalue weighted by Gasteiger charge is 2.51. The van der Waals surface area contributed by atoms with Gasteiger partial charge in [0.1, 0.15) is 11.7 Å². The number of hydrogen-bond acceptors (Lipinski definition) is 7. The minimum Gasteiger partial charge on any atom is -0.468 e. The van der Waals surface area contributed by atoms with Gasteiger partial charge in [-0.05, 0) is 47.9 Å². The van der Waals surface area contributed by atoms with Gasteiger partial charge in [-0.25, -0.2) is 4.79 Å². The number of rotatable bonds is 5. The Hall–Kier alpha value is -4.07. The predicted molar refractivity (Wildman–Crippen MR) is 153 cm³/mol. The van der Waals surface area contributed by atoms with E-state index in [1.165, 1.54) is 14.2 Å². The van der Waals surface area contributed by atoms with E-state index in [4.69, 9.17) is 38.4 Å². The Morgan fingerprint density at radius 2 is 1.52 bits per heavy atom. The lowest BCUT2D eigenvalue weighted by Gasteiger charge is -2.44. The molecule has 1 heterocycles. The van der Waals surface area contributed by atoms with Crippen molar-refractivity contribution in [2.24, 2.45) is 11.7 Å². The Kier molecular flexibility index (Phi) is 7.70. The van der Waals surface area contributed by atoms with E-state index in [1.54, 1.807) is 53.4 Å². The lowest BCUT2D eigenvalue weighted by molar-refractivity contribution is -0.150. The summed E-state index contributed by atoms with van der Waals surface area (Å²) in [6.07, 6.45) is 0.254. The smallest absolute Gasteiger partial charge is 0.338 e. The highest BCUT2D eigenvalue weighted by atomic mass is 35.5. The number of hydrogen-bond donors (Lipinski definition) is 1. The molecule has 3 aromatic carbocycles. The average molecular weight is 577 g/mol. The highest BCUT2D eigenvalue weighted by molar-refractivity contribution is 6.31. The predicted octanol–water partition coefficient (Wildman–Crippen LogP) is 5.74. The molecule has 3 atom stereocenters. The molecular formula is C31H26Cl2N2O5. The van der Waals surface area contributed by atoms with Crippen LogP contribution in [0.15, 0.2) is 102 Å². The monoisotopic (exact) mass is 576 g/mol. The zero-order valence-corrected chi connectivity index (χ0v) is 23.3. The van der Waals surface area contributed by atoms with Crippen molar-refractivity contribution in [3.8, 4) is 0 Å². The molecule has 0 spiro atoms. The summed E-state index contributed by atoms with van der Waals surface area (Å²) in [6, 6.07) is 23.1. The summed E-state index contributed by atoms with van der Waals surface area (Å²) in [5, 5.41) is 0.855. The Bertz CT molecular complexity index is 1570. The fourth-order valence-corrected chi connectivity index (χ4v) is 6.06. The number of methoxy groups -OCH3 is 2. The molecule has 0 saturated carbocycles. The molecule has 0 saturated heterocycles. The fourth-order valence-electron chi connectivity index (χ4n) is 5.68. The fraction of sp³-hybridized carbons (Fsp3) is 0.194. The van der Waals surface area contributed by atoms with Crippen molar-refractivity contribution in [3.63, 3.8) is 0 Å². The van der Waals surface area contributed by atoms with E-state index in [0.29, 0.717) is 27.0 Å². The number of halogens is 2. The number of Topliss-reactive ketones (excluding diaryl/α,β-unsaturated/α-hetero) is 1. The number of ketones is 1. The molecule has 0 radical (unpaired) electrons. The summed E-state index contributed by atoms with van der Waals surface area (Å²) in [7, 11) is 2.50. The number of nitrogens with zero attached hydrogens (tertiary/aromatic N) is 1. The number of esters is 2. The van der Waals surface area contributed by atoms with Crippen molar-refractivity contribution < 1.29 is 23.9 Å². The van der Waals surface area contributed by atoms with Gasteiger partial charge in [0.05, 0.1) is 25.7 Å². The van der Waals surface area contributed by atoms with E-state index in [-0.39, 0.29) is 23.4 Å². The van der Waals surface area contributed by atoms with Crippen LogP contribution in [0.1, 0.15) is 29.4 Å². The third-order valence-corrected chi connectivity index (χ3v) is 7.85. The molecular weight excluding hydrogens is 551 g/mol. The summed E-state index contributed by atoms with van der Waals surface area (Å²) >= 11 is 12.7. The number of allylic oxidation sites excluding steroid dienone is 2. The molecule has 204 valence electrons. The van der Waals surface area contributed by atoms with Gasteiger partial charge in [-0.2, -0.15) is 0 Å². The van der Waals surface area contributed by atoms with Gasteiger partial charge in [-0.3, -0.25) is 14.5 Å². The van der Waals surface area contributed by atoms with Gasteiger partial charge in [-0.15, -0.1) is 0 Å². The largest absolute Gasteiger partial charge is 0.468 e. The first-order chi connectivity index (χ1) is 19.3. The minimum atomic E-state index is -1.15. The van der Waals surface area contributed by atoms with Crippen LogP contribution in [0.3, 0.4) is 0 Å². The zero-order chi connectivity index (χ0) is 28.6. The number of nitrogens with two attached hydrogens (primary N) is 1. The molecule has 1 aliphatic heterocycles. The Balaban J connectivity index is 1.84. The minimum absolute atomic E-state index is 0.0543. The number of anilines is 1. The maximum Gasteiger partial charge on any atom is 0.338 e. The number of carbonyl (C=O) groups excluding carboxylic acids is 3. The molecule has 0 unspecified atom stereocenters. The normalized spacial score (nSPS) is 20.8. The van der Waals surface area contributed by atoms with Crippen LogP contribution < -0.4 is 10.6 Å². The van der Waals surface area contributed by atoms with Crippen LogP contribution in [-0.2, 0) is 23.9 Å². The van der Waals surface area contributed by atoms with Gasteiger partial charge in [-0.1, -0.05) is 71.7 Å². The van der Waals surface area contributed by atoms with Crippen LogP contribution in [0.4, 0.5) is 5.69 Å². The molecule has 2 N–H and O–H groups in total. The standard InChI is InChI=1S/C31H26Cl2N2O5/c1-39-30(37)25-22(17-8-4-3-5-9-17)16-23-26(28(25)36)24(18-10-6-11-19(32)14-18)27(31(38)40-2)29(34)35(23)21-13-7-12-20(33)15-21/h3-15,22,24-25H,16,34H2,1-2H3/t22-,24+,25-/m1/s1. The van der Waals surface area contributed by atoms with E-state index in [2.05, 4.69) is 0 Å². The van der Waals surface area contributed by atoms with Gasteiger partial charge in [0, 0.05) is 32.9 Å². The molecule has 2 aliphatic rings. The highest BCUT2D eigenvalue weighted by Crippen LogP contribution is 2.51. The van der Waals surface area contributed by atoms with Crippen LogP contribution in [0.2, 0.25) is 10.0 Å². The van der Waals surface area contributed by atoms with Crippen molar-refractivity contribution in [3.05, 3.63) is 123 Å². The number of ether oxygens (including phenoxy) is 2. The van der Waals surface area contributed by atoms with E-state index in [9.17, 15) is 14.4 Å². The first kappa shape index (κ1) is 27.5. The molecule has 9 heteroatoms. The second-order valence-corrected chi connectivity index (χ2v) is 10.4. The molecule has 5 rings (SSSR count). The van der Waals surface area contributed by atoms with Gasteiger partial charge in [0.2, 0.25) is 0 Å². The van der Waals surface area contributed by atoms with Gasteiger partial charge >= 0.3 is 11.9 Å². The van der Waals surface area contributed by atoms with Crippen LogP contribution in [0.25, 0.3) is 0 Å². The maximum atomic E-state index is 14.6. The Morgan fingerprint density at radius 3 is 2.15 bits per heavy atom. The molecule has 0 bridgehead atoms. The lowest BCUT2D eigenvalue weighted by Crippen LogP contribution is -2.46. The molecule has 0 aromatic heterocycles. The van der Waals surface area contributed by atoms with Gasteiger partial charge < -0.3 is 15.2 Å². The summed E-state index contributed by atoms with van der Waals surface area (Å²) in [5.74, 6) is -4.38. The second kappa shape index (κ2) is 11.2. The molecule has 1 aliphatic carbocycles. The first-order valence-corrected chi connectivity index (χ1v) is 13.3. The molecule has 7 nitrogen and oxygen atoms in total. The lowest BCUT2D eigenvalue weighted by atomic mass is 9.67. The van der Waals surface area contributed by atoms with E-state index < -0.39 is 35.5 Å². The van der Waals surface area contributed by atoms with E-state index in [1.807, 2.05) is 30.3 Å². The van der Waals surface area contributed by atoms with Crippen LogP contribution in [0, 0.1) is 5.92 Å². The third kappa shape index (κ3) is 4.76. The van der Waals surface area contributed by atoms with Crippen LogP contribution in [0.5, 0.6) is 0 Å². The Morgan fingerprint density at radius 1 is 0.875 bits per heavy atom. The quantitative estimate of drug-likeness (QED) is 0.305. The summed E-state index contributed by atoms with van der Waals surface area (Å²) in [4.78, 5) is 42.8. The maximum absolute atomic E-state index is 14.6. The first-order valence-electron chi connectivity index (χ1n) is 12.6. The topological polar surface area (TPSA) is 98.9 Å². The van der Waals surface area contributed by atoms with Crippen molar-refractivity contribution in [1.29, 1.82) is 0 Å². The molecule has 0 fully saturated rings. The summed E-state index contributed by atoms with van der Waals surface area (Å²) < 4.78 is 10.3. The van der Waals surface area contributed by atoms with Crippen molar-refractivity contribution in [2.75, 3.05) is 19.1 Å². The van der Waals surface area contributed by atoms with Crippen molar-refractivity contribution >= 4 is 46.6 Å². The molecule has 0 amide bonds. The van der Waals surface area contributed by atoms with E-state index >= 15 is 0 Å². The van der Waals surface area contributed by atoms with E-state index in [0.717, 1.165) is 5.56 Å². The van der Waals surface area contributed by atoms with Crippen molar-refractivity contribution in [2.45, 2.75) is 18.3 Å². The van der Waals surface area contributed by atoms with Gasteiger partial charge in [0.15, 0.2) is 5.78 Å². The average Bonchev–Trinajstić information content (AvgIpc) is 2.96. The third-order valence-electron chi connectivity index (χ3n) is 7.38. The number of benzene rings is 3. The zero-order valence-electron chi connectivity index (χ0n) is 21.8. The molecule has 40 heavy (non-hydrogen) atoms.